The van der Waals surface area contributed by atoms with Gasteiger partial charge in [0.15, 0.2) is 5.66 Å². The summed E-state index contributed by atoms with van der Waals surface area (Å²) in [7, 11) is 0. The fraction of sp³-hybridized carbons (Fsp3) is 0.556. The van der Waals surface area contributed by atoms with Gasteiger partial charge in [0, 0.05) is 5.56 Å². The highest BCUT2D eigenvalue weighted by atomic mass is 16.5. The molecule has 1 amide bonds. The standard InChI is InChI=1S/C18H26N4O2/c1-6-7-12-24-16(23)20-18(5,22-21-17(2,3)4)15-10-8-14(13-19)9-11-15/h8-11H,6-7,12H2,1-5H3,(H,20,23). The number of benzene rings is 1. The molecular formula is C18H26N4O2. The molecule has 24 heavy (non-hydrogen) atoms. The molecule has 0 saturated heterocycles. The summed E-state index contributed by atoms with van der Waals surface area (Å²) in [6.45, 7) is 9.92. The van der Waals surface area contributed by atoms with Gasteiger partial charge in [-0.15, -0.1) is 0 Å². The number of amides is 1. The number of alkyl carbamates (subject to hydrolysis) is 1. The third-order valence-corrected chi connectivity index (χ3v) is 3.20. The Morgan fingerprint density at radius 2 is 1.83 bits per heavy atom. The number of nitrogens with zero attached hydrogens (tertiary/aromatic N) is 3. The summed E-state index contributed by atoms with van der Waals surface area (Å²) in [6, 6.07) is 8.95. The molecule has 1 rings (SSSR count). The van der Waals surface area contributed by atoms with Crippen LogP contribution in [0.2, 0.25) is 0 Å². The van der Waals surface area contributed by atoms with E-state index in [1.165, 1.54) is 0 Å². The molecule has 1 aromatic carbocycles. The van der Waals surface area contributed by atoms with Gasteiger partial charge in [-0.25, -0.2) is 4.79 Å². The van der Waals surface area contributed by atoms with Gasteiger partial charge in [-0.05, 0) is 46.2 Å². The highest BCUT2D eigenvalue weighted by Crippen LogP contribution is 2.25. The second-order valence-electron chi connectivity index (χ2n) is 6.75. The molecule has 1 atom stereocenters. The van der Waals surface area contributed by atoms with E-state index in [0.717, 1.165) is 18.4 Å². The second-order valence-corrected chi connectivity index (χ2v) is 6.75. The van der Waals surface area contributed by atoms with Crippen LogP contribution in [0.3, 0.4) is 0 Å². The van der Waals surface area contributed by atoms with Crippen LogP contribution in [-0.4, -0.2) is 18.2 Å². The topological polar surface area (TPSA) is 86.8 Å². The predicted molar refractivity (Wildman–Crippen MR) is 92.5 cm³/mol. The van der Waals surface area contributed by atoms with Crippen LogP contribution in [0.4, 0.5) is 4.79 Å². The summed E-state index contributed by atoms with van der Waals surface area (Å²) in [6.07, 6.45) is 1.22. The normalized spacial score (nSPS) is 14.0. The molecule has 6 heteroatoms. The summed E-state index contributed by atoms with van der Waals surface area (Å²) in [5.41, 5.74) is -0.173. The van der Waals surface area contributed by atoms with Crippen LogP contribution >= 0.6 is 0 Å². The van der Waals surface area contributed by atoms with E-state index in [-0.39, 0.29) is 5.54 Å². The van der Waals surface area contributed by atoms with Gasteiger partial charge in [-0.2, -0.15) is 15.5 Å². The predicted octanol–water partition coefficient (Wildman–Crippen LogP) is 4.51. The van der Waals surface area contributed by atoms with Crippen molar-refractivity contribution in [2.45, 2.75) is 58.7 Å². The number of hydrogen-bond donors (Lipinski definition) is 1. The minimum atomic E-state index is -1.06. The Balaban J connectivity index is 3.04. The molecule has 1 N–H and O–H groups in total. The number of rotatable bonds is 6. The van der Waals surface area contributed by atoms with Crippen LogP contribution in [0.1, 0.15) is 58.6 Å². The molecule has 0 aliphatic heterocycles. The van der Waals surface area contributed by atoms with Crippen LogP contribution in [0, 0.1) is 11.3 Å². The van der Waals surface area contributed by atoms with E-state index in [1.807, 2.05) is 27.7 Å². The van der Waals surface area contributed by atoms with Gasteiger partial charge in [0.2, 0.25) is 0 Å². The van der Waals surface area contributed by atoms with Crippen LogP contribution in [-0.2, 0) is 10.4 Å². The summed E-state index contributed by atoms with van der Waals surface area (Å²) >= 11 is 0. The molecule has 0 bridgehead atoms. The third-order valence-electron chi connectivity index (χ3n) is 3.20. The van der Waals surface area contributed by atoms with Crippen molar-refractivity contribution in [1.82, 2.24) is 5.32 Å². The van der Waals surface area contributed by atoms with Crippen molar-refractivity contribution >= 4 is 6.09 Å². The Morgan fingerprint density at radius 3 is 2.33 bits per heavy atom. The molecule has 6 nitrogen and oxygen atoms in total. The first-order valence-electron chi connectivity index (χ1n) is 8.10. The Morgan fingerprint density at radius 1 is 1.21 bits per heavy atom. The number of hydrogen-bond acceptors (Lipinski definition) is 5. The maximum absolute atomic E-state index is 12.1. The Hall–Kier alpha value is -2.42. The summed E-state index contributed by atoms with van der Waals surface area (Å²) in [4.78, 5) is 12.1. The Bertz CT molecular complexity index is 611. The lowest BCUT2D eigenvalue weighted by atomic mass is 10.0. The van der Waals surface area contributed by atoms with Crippen molar-refractivity contribution in [3.8, 4) is 6.07 Å². The molecule has 1 aromatic rings. The second kappa shape index (κ2) is 8.44. The van der Waals surface area contributed by atoms with E-state index in [2.05, 4.69) is 21.6 Å². The minimum Gasteiger partial charge on any atom is -0.450 e. The minimum absolute atomic E-state index is 0.363. The lowest BCUT2D eigenvalue weighted by Crippen LogP contribution is -2.42. The summed E-state index contributed by atoms with van der Waals surface area (Å²) in [5, 5.41) is 20.3. The van der Waals surface area contributed by atoms with E-state index in [4.69, 9.17) is 10.00 Å². The van der Waals surface area contributed by atoms with Crippen molar-refractivity contribution in [2.24, 2.45) is 10.2 Å². The van der Waals surface area contributed by atoms with E-state index in [9.17, 15) is 4.79 Å². The van der Waals surface area contributed by atoms with Crippen LogP contribution < -0.4 is 5.32 Å². The van der Waals surface area contributed by atoms with E-state index in [0.29, 0.717) is 12.2 Å². The fourth-order valence-electron chi connectivity index (χ4n) is 1.82. The average Bonchev–Trinajstić information content (AvgIpc) is 2.53. The molecule has 0 heterocycles. The molecule has 130 valence electrons. The van der Waals surface area contributed by atoms with Gasteiger partial charge in [-0.3, -0.25) is 5.32 Å². The van der Waals surface area contributed by atoms with E-state index >= 15 is 0 Å². The number of unbranched alkanes of at least 4 members (excludes halogenated alkanes) is 1. The van der Waals surface area contributed by atoms with Gasteiger partial charge in [0.25, 0.3) is 0 Å². The van der Waals surface area contributed by atoms with Crippen molar-refractivity contribution in [1.29, 1.82) is 5.26 Å². The Kier molecular flexibility index (Phi) is 6.90. The SMILES string of the molecule is CCCCOC(=O)NC(C)(N=NC(C)(C)C)c1ccc(C#N)cc1. The highest BCUT2D eigenvalue weighted by Gasteiger charge is 2.30. The van der Waals surface area contributed by atoms with E-state index in [1.54, 1.807) is 31.2 Å². The van der Waals surface area contributed by atoms with Gasteiger partial charge < -0.3 is 4.74 Å². The lowest BCUT2D eigenvalue weighted by molar-refractivity contribution is 0.132. The maximum Gasteiger partial charge on any atom is 0.409 e. The van der Waals surface area contributed by atoms with Crippen LogP contribution in [0.15, 0.2) is 34.5 Å². The molecule has 0 aromatic heterocycles. The van der Waals surface area contributed by atoms with Crippen molar-refractivity contribution < 1.29 is 9.53 Å². The fourth-order valence-corrected chi connectivity index (χ4v) is 1.82. The zero-order chi connectivity index (χ0) is 18.2. The first-order chi connectivity index (χ1) is 11.2. The lowest BCUT2D eigenvalue weighted by Gasteiger charge is -2.27. The summed E-state index contributed by atoms with van der Waals surface area (Å²) in [5.74, 6) is 0. The number of nitrogens with one attached hydrogen (secondary N) is 1. The molecule has 0 spiro atoms. The number of ether oxygens (including phenoxy) is 1. The van der Waals surface area contributed by atoms with Gasteiger partial charge in [0.1, 0.15) is 0 Å². The quantitative estimate of drug-likeness (QED) is 0.615. The van der Waals surface area contributed by atoms with Gasteiger partial charge >= 0.3 is 6.09 Å². The van der Waals surface area contributed by atoms with Crippen molar-refractivity contribution in [3.63, 3.8) is 0 Å². The van der Waals surface area contributed by atoms with Crippen LogP contribution in [0.25, 0.3) is 0 Å². The molecule has 0 fully saturated rings. The zero-order valence-electron chi connectivity index (χ0n) is 15.1. The number of carbonyl (C=O) groups is 1. The maximum atomic E-state index is 12.1. The molecule has 0 aliphatic rings. The largest absolute Gasteiger partial charge is 0.450 e. The zero-order valence-corrected chi connectivity index (χ0v) is 15.1. The number of azo groups is 1. The monoisotopic (exact) mass is 330 g/mol. The van der Waals surface area contributed by atoms with Crippen LogP contribution in [0.5, 0.6) is 0 Å². The number of carbonyl (C=O) groups excluding carboxylic acids is 1. The van der Waals surface area contributed by atoms with Gasteiger partial charge in [-0.1, -0.05) is 25.5 Å². The highest BCUT2D eigenvalue weighted by molar-refractivity contribution is 5.68. The van der Waals surface area contributed by atoms with E-state index < -0.39 is 11.8 Å². The molecular weight excluding hydrogens is 304 g/mol. The first kappa shape index (κ1) is 19.6. The van der Waals surface area contributed by atoms with Gasteiger partial charge in [0.05, 0.1) is 23.8 Å². The molecule has 0 radical (unpaired) electrons. The smallest absolute Gasteiger partial charge is 0.409 e. The van der Waals surface area contributed by atoms with Crippen molar-refractivity contribution in [2.75, 3.05) is 6.61 Å². The third kappa shape index (κ3) is 6.37. The number of nitriles is 1. The molecule has 0 aliphatic carbocycles. The Labute approximate surface area is 143 Å². The summed E-state index contributed by atoms with van der Waals surface area (Å²) < 4.78 is 5.17. The first-order valence-corrected chi connectivity index (χ1v) is 8.10. The average molecular weight is 330 g/mol. The van der Waals surface area contributed by atoms with Crippen molar-refractivity contribution in [3.05, 3.63) is 35.4 Å². The molecule has 1 unspecified atom stereocenters. The molecule has 0 saturated carbocycles.